The fourth-order valence-corrected chi connectivity index (χ4v) is 4.60. The molecule has 0 unspecified atom stereocenters. The molecule has 124 valence electrons. The molecule has 0 aromatic heterocycles. The van der Waals surface area contributed by atoms with Gasteiger partial charge in [0, 0.05) is 20.0 Å². The molecule has 1 aliphatic carbocycles. The molecule has 3 aliphatic heterocycles. The molecule has 0 N–H and O–H groups in total. The van der Waals surface area contributed by atoms with Gasteiger partial charge in [-0.2, -0.15) is 0 Å². The van der Waals surface area contributed by atoms with Crippen molar-refractivity contribution < 1.29 is 28.4 Å². The summed E-state index contributed by atoms with van der Waals surface area (Å²) in [5.74, 6) is 0.287. The number of rotatable bonds is 4. The van der Waals surface area contributed by atoms with E-state index in [4.69, 9.17) is 28.4 Å². The van der Waals surface area contributed by atoms with Gasteiger partial charge in [0.2, 0.25) is 6.29 Å². The maximum atomic E-state index is 6.27. The van der Waals surface area contributed by atoms with Crippen LogP contribution in [-0.2, 0) is 28.4 Å². The SMILES string of the molecule is COCOCC1=C[C@]23CCCC4(OCCO4)[C@@]2(C)C[C@H](O1)O3. The molecule has 2 bridgehead atoms. The maximum absolute atomic E-state index is 6.27. The molecule has 1 saturated carbocycles. The summed E-state index contributed by atoms with van der Waals surface area (Å²) in [7, 11) is 1.61. The molecule has 3 fully saturated rings. The van der Waals surface area contributed by atoms with Crippen molar-refractivity contribution in [2.24, 2.45) is 5.41 Å². The van der Waals surface area contributed by atoms with Crippen molar-refractivity contribution in [3.63, 3.8) is 0 Å². The molecule has 2 saturated heterocycles. The average molecular weight is 312 g/mol. The Kier molecular flexibility index (Phi) is 3.51. The van der Waals surface area contributed by atoms with Gasteiger partial charge in [-0.25, -0.2) is 0 Å². The minimum absolute atomic E-state index is 0.234. The van der Waals surface area contributed by atoms with E-state index in [0.717, 1.165) is 31.4 Å². The molecule has 0 aromatic rings. The predicted molar refractivity (Wildman–Crippen MR) is 75.8 cm³/mol. The summed E-state index contributed by atoms with van der Waals surface area (Å²) in [6.07, 6.45) is 5.52. The van der Waals surface area contributed by atoms with Crippen LogP contribution in [0.25, 0.3) is 0 Å². The summed E-state index contributed by atoms with van der Waals surface area (Å²) in [6, 6.07) is 0. The zero-order chi connectivity index (χ0) is 15.3. The van der Waals surface area contributed by atoms with E-state index in [1.165, 1.54) is 0 Å². The van der Waals surface area contributed by atoms with Crippen LogP contribution in [-0.4, -0.2) is 51.4 Å². The number of hydrogen-bond acceptors (Lipinski definition) is 6. The molecule has 6 heteroatoms. The van der Waals surface area contributed by atoms with Gasteiger partial charge in [0.1, 0.15) is 24.8 Å². The lowest BCUT2D eigenvalue weighted by Gasteiger charge is -2.53. The van der Waals surface area contributed by atoms with E-state index < -0.39 is 5.79 Å². The third kappa shape index (κ3) is 1.91. The van der Waals surface area contributed by atoms with Crippen molar-refractivity contribution in [3.8, 4) is 0 Å². The monoisotopic (exact) mass is 312 g/mol. The van der Waals surface area contributed by atoms with E-state index in [1.54, 1.807) is 7.11 Å². The Labute approximate surface area is 130 Å². The molecular formula is C16H24O6. The lowest BCUT2D eigenvalue weighted by Crippen LogP contribution is -2.61. The molecular weight excluding hydrogens is 288 g/mol. The van der Waals surface area contributed by atoms with Crippen molar-refractivity contribution in [2.45, 2.75) is 50.3 Å². The fourth-order valence-electron chi connectivity index (χ4n) is 4.60. The first kappa shape index (κ1) is 14.9. The first-order valence-electron chi connectivity index (χ1n) is 8.04. The van der Waals surface area contributed by atoms with Crippen LogP contribution in [0.5, 0.6) is 0 Å². The first-order chi connectivity index (χ1) is 10.6. The molecule has 4 aliphatic rings. The van der Waals surface area contributed by atoms with Crippen molar-refractivity contribution in [1.82, 2.24) is 0 Å². The minimum Gasteiger partial charge on any atom is -0.467 e. The smallest absolute Gasteiger partial charge is 0.201 e. The third-order valence-corrected chi connectivity index (χ3v) is 5.62. The van der Waals surface area contributed by atoms with Gasteiger partial charge < -0.3 is 28.4 Å². The maximum Gasteiger partial charge on any atom is 0.201 e. The lowest BCUT2D eigenvalue weighted by molar-refractivity contribution is -0.285. The second-order valence-corrected chi connectivity index (χ2v) is 6.76. The van der Waals surface area contributed by atoms with E-state index in [0.29, 0.717) is 19.8 Å². The summed E-state index contributed by atoms with van der Waals surface area (Å²) >= 11 is 0. The standard InChI is InChI=1S/C16H24O6/c1-14-9-13-21-12(10-18-11-17-2)8-15(14,22-13)4-3-5-16(14)19-6-7-20-16/h8,13H,3-7,9-11H2,1-2H3/t13-,14+,15-/m1/s1. The average Bonchev–Trinajstić information content (AvgIpc) is 3.03. The van der Waals surface area contributed by atoms with Crippen LogP contribution >= 0.6 is 0 Å². The summed E-state index contributed by atoms with van der Waals surface area (Å²) in [4.78, 5) is 0. The van der Waals surface area contributed by atoms with Crippen LogP contribution < -0.4 is 0 Å². The highest BCUT2D eigenvalue weighted by atomic mass is 16.8. The summed E-state index contributed by atoms with van der Waals surface area (Å²) in [5.41, 5.74) is -0.618. The Hall–Kier alpha value is -0.660. The van der Waals surface area contributed by atoms with Crippen molar-refractivity contribution in [2.75, 3.05) is 33.7 Å². The predicted octanol–water partition coefficient (Wildman–Crippen LogP) is 1.94. The highest BCUT2D eigenvalue weighted by Crippen LogP contribution is 2.64. The van der Waals surface area contributed by atoms with E-state index in [2.05, 4.69) is 13.0 Å². The van der Waals surface area contributed by atoms with Crippen molar-refractivity contribution in [3.05, 3.63) is 11.8 Å². The zero-order valence-electron chi connectivity index (χ0n) is 13.3. The molecule has 22 heavy (non-hydrogen) atoms. The number of hydrogen-bond donors (Lipinski definition) is 0. The van der Waals surface area contributed by atoms with Crippen LogP contribution in [0.1, 0.15) is 32.6 Å². The molecule has 4 rings (SSSR count). The molecule has 6 nitrogen and oxygen atoms in total. The minimum atomic E-state index is -0.539. The van der Waals surface area contributed by atoms with Crippen molar-refractivity contribution >= 4 is 0 Å². The number of fused-ring (bicyclic) bond motifs is 2. The van der Waals surface area contributed by atoms with Gasteiger partial charge in [-0.1, -0.05) is 6.92 Å². The molecule has 2 spiro atoms. The largest absolute Gasteiger partial charge is 0.467 e. The van der Waals surface area contributed by atoms with Crippen molar-refractivity contribution in [1.29, 1.82) is 0 Å². The fraction of sp³-hybridized carbons (Fsp3) is 0.875. The molecule has 0 aromatic carbocycles. The van der Waals surface area contributed by atoms with Crippen LogP contribution in [0, 0.1) is 5.41 Å². The Morgan fingerprint density at radius 3 is 2.86 bits per heavy atom. The Morgan fingerprint density at radius 2 is 2.09 bits per heavy atom. The zero-order valence-corrected chi connectivity index (χ0v) is 13.3. The highest BCUT2D eigenvalue weighted by molar-refractivity contribution is 5.25. The summed E-state index contributed by atoms with van der Waals surface area (Å²) in [6.45, 7) is 4.19. The van der Waals surface area contributed by atoms with Crippen LogP contribution in [0.2, 0.25) is 0 Å². The molecule has 3 atom stereocenters. The van der Waals surface area contributed by atoms with E-state index in [9.17, 15) is 0 Å². The van der Waals surface area contributed by atoms with Gasteiger partial charge in [0.25, 0.3) is 0 Å². The summed E-state index contributed by atoms with van der Waals surface area (Å²) < 4.78 is 34.8. The molecule has 0 radical (unpaired) electrons. The van der Waals surface area contributed by atoms with Gasteiger partial charge in [-0.3, -0.25) is 0 Å². The Balaban J connectivity index is 1.64. The van der Waals surface area contributed by atoms with E-state index in [1.807, 2.05) is 0 Å². The molecule has 3 heterocycles. The third-order valence-electron chi connectivity index (χ3n) is 5.62. The normalized spacial score (nSPS) is 42.1. The van der Waals surface area contributed by atoms with Crippen LogP contribution in [0.15, 0.2) is 11.8 Å². The second kappa shape index (κ2) is 5.18. The van der Waals surface area contributed by atoms with Gasteiger partial charge in [0.15, 0.2) is 5.79 Å². The Morgan fingerprint density at radius 1 is 1.27 bits per heavy atom. The van der Waals surface area contributed by atoms with Gasteiger partial charge in [-0.15, -0.1) is 0 Å². The first-order valence-corrected chi connectivity index (χ1v) is 8.04. The van der Waals surface area contributed by atoms with Gasteiger partial charge in [0.05, 0.1) is 18.6 Å². The van der Waals surface area contributed by atoms with Gasteiger partial charge in [-0.05, 0) is 18.9 Å². The topological polar surface area (TPSA) is 55.4 Å². The Bertz CT molecular complexity index is 471. The van der Waals surface area contributed by atoms with Crippen LogP contribution in [0.3, 0.4) is 0 Å². The van der Waals surface area contributed by atoms with Crippen LogP contribution in [0.4, 0.5) is 0 Å². The highest BCUT2D eigenvalue weighted by Gasteiger charge is 2.71. The molecule has 0 amide bonds. The second-order valence-electron chi connectivity index (χ2n) is 6.76. The quantitative estimate of drug-likeness (QED) is 0.584. The van der Waals surface area contributed by atoms with Gasteiger partial charge >= 0.3 is 0 Å². The number of ether oxygens (including phenoxy) is 6. The number of methoxy groups -OCH3 is 1. The van der Waals surface area contributed by atoms with E-state index >= 15 is 0 Å². The summed E-state index contributed by atoms with van der Waals surface area (Å²) in [5, 5.41) is 0. The lowest BCUT2D eigenvalue weighted by atomic mass is 9.60. The van der Waals surface area contributed by atoms with E-state index in [-0.39, 0.29) is 24.1 Å².